The van der Waals surface area contributed by atoms with Gasteiger partial charge < -0.3 is 5.32 Å². The summed E-state index contributed by atoms with van der Waals surface area (Å²) in [5.41, 5.74) is -2.12. The Bertz CT molecular complexity index is 670. The summed E-state index contributed by atoms with van der Waals surface area (Å²) in [5.74, 6) is -2.59. The Balaban J connectivity index is 2.41. The molecule has 124 valence electrons. The first-order chi connectivity index (χ1) is 10.5. The van der Waals surface area contributed by atoms with E-state index in [-0.39, 0.29) is 0 Å². The van der Waals surface area contributed by atoms with Crippen molar-refractivity contribution in [2.75, 3.05) is 0 Å². The second kappa shape index (κ2) is 5.71. The maximum absolute atomic E-state index is 13.0. The topological polar surface area (TPSA) is 41.5 Å². The molecule has 9 heteroatoms. The van der Waals surface area contributed by atoms with E-state index in [1.54, 1.807) is 19.1 Å². The molecule has 23 heavy (non-hydrogen) atoms. The number of aliphatic imine (C=N–C) groups is 1. The Morgan fingerprint density at radius 3 is 2.13 bits per heavy atom. The van der Waals surface area contributed by atoms with Crippen LogP contribution in [-0.4, -0.2) is 24.4 Å². The summed E-state index contributed by atoms with van der Waals surface area (Å²) < 4.78 is 76.2. The van der Waals surface area contributed by atoms with Gasteiger partial charge in [0.25, 0.3) is 5.78 Å². The molecule has 0 saturated heterocycles. The van der Waals surface area contributed by atoms with Gasteiger partial charge in [0.2, 0.25) is 0 Å². The molecule has 0 radical (unpaired) electrons. The minimum Gasteiger partial charge on any atom is -0.355 e. The molecular weight excluding hydrogens is 326 g/mol. The van der Waals surface area contributed by atoms with Gasteiger partial charge >= 0.3 is 12.4 Å². The Labute approximate surface area is 126 Å². The van der Waals surface area contributed by atoms with E-state index in [0.717, 1.165) is 5.56 Å². The van der Waals surface area contributed by atoms with Crippen molar-refractivity contribution in [1.29, 1.82) is 0 Å². The smallest absolute Gasteiger partial charge is 0.355 e. The van der Waals surface area contributed by atoms with Crippen molar-refractivity contribution in [2.45, 2.75) is 25.4 Å². The fraction of sp³-hybridized carbons (Fsp3) is 0.286. The van der Waals surface area contributed by atoms with Crippen LogP contribution in [0.3, 0.4) is 0 Å². The van der Waals surface area contributed by atoms with Crippen molar-refractivity contribution in [3.05, 3.63) is 46.7 Å². The predicted octanol–water partition coefficient (Wildman–Crippen LogP) is 3.62. The molecule has 0 spiro atoms. The minimum absolute atomic E-state index is 0.319. The van der Waals surface area contributed by atoms with Crippen LogP contribution in [0.15, 0.2) is 40.5 Å². The largest absolute Gasteiger partial charge is 0.455 e. The van der Waals surface area contributed by atoms with Crippen molar-refractivity contribution >= 4 is 12.0 Å². The van der Waals surface area contributed by atoms with Crippen molar-refractivity contribution < 1.29 is 31.1 Å². The minimum atomic E-state index is -5.42. The van der Waals surface area contributed by atoms with Crippen LogP contribution < -0.4 is 5.32 Å². The summed E-state index contributed by atoms with van der Waals surface area (Å²) in [6.07, 6.45) is -11.5. The third kappa shape index (κ3) is 3.72. The van der Waals surface area contributed by atoms with Gasteiger partial charge in [-0.15, -0.1) is 0 Å². The molecule has 0 amide bonds. The summed E-state index contributed by atoms with van der Waals surface area (Å²) in [6.45, 7) is 1.77. The number of halogens is 6. The quantitative estimate of drug-likeness (QED) is 0.838. The highest BCUT2D eigenvalue weighted by molar-refractivity contribution is 6.16. The summed E-state index contributed by atoms with van der Waals surface area (Å²) in [6, 6.07) is 6.24. The van der Waals surface area contributed by atoms with Gasteiger partial charge in [0.05, 0.1) is 5.57 Å². The zero-order chi connectivity index (χ0) is 17.4. The van der Waals surface area contributed by atoms with Crippen LogP contribution in [0.5, 0.6) is 0 Å². The number of hydrogen-bond donors (Lipinski definition) is 1. The van der Waals surface area contributed by atoms with E-state index in [4.69, 9.17) is 0 Å². The van der Waals surface area contributed by atoms with Crippen LogP contribution in [0.2, 0.25) is 0 Å². The van der Waals surface area contributed by atoms with Crippen molar-refractivity contribution in [3.63, 3.8) is 0 Å². The molecule has 0 fully saturated rings. The van der Waals surface area contributed by atoms with Crippen molar-refractivity contribution in [1.82, 2.24) is 5.32 Å². The highest BCUT2D eigenvalue weighted by Crippen LogP contribution is 2.34. The average molecular weight is 336 g/mol. The Kier molecular flexibility index (Phi) is 4.23. The van der Waals surface area contributed by atoms with Crippen LogP contribution in [-0.2, 0) is 4.79 Å². The van der Waals surface area contributed by atoms with E-state index in [9.17, 15) is 31.1 Å². The maximum Gasteiger partial charge on any atom is 0.455 e. The zero-order valence-corrected chi connectivity index (χ0v) is 11.6. The molecule has 1 aromatic carbocycles. The number of aryl methyl sites for hydroxylation is 1. The van der Waals surface area contributed by atoms with Crippen LogP contribution in [0.1, 0.15) is 17.3 Å². The lowest BCUT2D eigenvalue weighted by atomic mass is 10.0. The van der Waals surface area contributed by atoms with Gasteiger partial charge in [-0.3, -0.25) is 9.79 Å². The molecular formula is C14H10F6N2O. The maximum atomic E-state index is 13.0. The number of alkyl halides is 6. The summed E-state index contributed by atoms with van der Waals surface area (Å²) >= 11 is 0. The standard InChI is InChI=1S/C14H10F6N2O/c1-7-2-4-8(5-3-7)12-21-6-9(11(23)14(18,19)20)10(22-12)13(15,16)17/h2-6,12,22H,1H3. The first-order valence-corrected chi connectivity index (χ1v) is 6.29. The lowest BCUT2D eigenvalue weighted by Crippen LogP contribution is -2.38. The van der Waals surface area contributed by atoms with Gasteiger partial charge in [0.1, 0.15) is 11.9 Å². The van der Waals surface area contributed by atoms with Gasteiger partial charge in [0.15, 0.2) is 0 Å². The summed E-state index contributed by atoms with van der Waals surface area (Å²) in [4.78, 5) is 14.7. The summed E-state index contributed by atoms with van der Waals surface area (Å²) in [7, 11) is 0. The number of ketones is 1. The van der Waals surface area contributed by atoms with Crippen LogP contribution >= 0.6 is 0 Å². The molecule has 1 aliphatic heterocycles. The molecule has 0 aliphatic carbocycles. The average Bonchev–Trinajstić information content (AvgIpc) is 2.45. The van der Waals surface area contributed by atoms with E-state index in [0.29, 0.717) is 11.8 Å². The third-order valence-corrected chi connectivity index (χ3v) is 3.08. The highest BCUT2D eigenvalue weighted by atomic mass is 19.4. The van der Waals surface area contributed by atoms with E-state index in [1.807, 2.05) is 5.32 Å². The molecule has 3 nitrogen and oxygen atoms in total. The van der Waals surface area contributed by atoms with Crippen LogP contribution in [0.4, 0.5) is 26.3 Å². The zero-order valence-electron chi connectivity index (χ0n) is 11.6. The number of carbonyl (C=O) groups is 1. The van der Waals surface area contributed by atoms with Crippen LogP contribution in [0.25, 0.3) is 0 Å². The Morgan fingerprint density at radius 2 is 1.65 bits per heavy atom. The molecule has 1 unspecified atom stereocenters. The highest BCUT2D eigenvalue weighted by Gasteiger charge is 2.47. The fourth-order valence-corrected chi connectivity index (χ4v) is 1.94. The molecule has 0 saturated carbocycles. The van der Waals surface area contributed by atoms with E-state index < -0.39 is 35.6 Å². The Hall–Kier alpha value is -2.32. The number of nitrogens with zero attached hydrogens (tertiary/aromatic N) is 1. The number of allylic oxidation sites excluding steroid dienone is 2. The molecule has 0 aromatic heterocycles. The van der Waals surface area contributed by atoms with Crippen LogP contribution in [0, 0.1) is 6.92 Å². The molecule has 1 N–H and O–H groups in total. The number of hydrogen-bond acceptors (Lipinski definition) is 3. The third-order valence-electron chi connectivity index (χ3n) is 3.08. The van der Waals surface area contributed by atoms with Crippen molar-refractivity contribution in [2.24, 2.45) is 4.99 Å². The first-order valence-electron chi connectivity index (χ1n) is 6.29. The van der Waals surface area contributed by atoms with Gasteiger partial charge in [-0.05, 0) is 12.5 Å². The Morgan fingerprint density at radius 1 is 1.09 bits per heavy atom. The SMILES string of the molecule is Cc1ccc(C2N=CC(C(=O)C(F)(F)F)=C(C(F)(F)F)N2)cc1. The predicted molar refractivity (Wildman–Crippen MR) is 69.7 cm³/mol. The normalized spacial score (nSPS) is 18.8. The molecule has 1 aliphatic rings. The number of benzene rings is 1. The number of rotatable bonds is 2. The lowest BCUT2D eigenvalue weighted by Gasteiger charge is -2.26. The summed E-state index contributed by atoms with van der Waals surface area (Å²) in [5, 5.41) is 1.87. The van der Waals surface area contributed by atoms with Gasteiger partial charge in [-0.25, -0.2) is 0 Å². The lowest BCUT2D eigenvalue weighted by molar-refractivity contribution is -0.166. The molecule has 2 rings (SSSR count). The number of nitrogens with one attached hydrogen (secondary N) is 1. The van der Waals surface area contributed by atoms with Crippen molar-refractivity contribution in [3.8, 4) is 0 Å². The molecule has 1 aromatic rings. The molecule has 0 bridgehead atoms. The first kappa shape index (κ1) is 17.0. The van der Waals surface area contributed by atoms with Gasteiger partial charge in [-0.2, -0.15) is 26.3 Å². The van der Waals surface area contributed by atoms with Gasteiger partial charge in [0, 0.05) is 6.21 Å². The second-order valence-corrected chi connectivity index (χ2v) is 4.85. The monoisotopic (exact) mass is 336 g/mol. The molecule has 1 heterocycles. The molecule has 1 atom stereocenters. The number of carbonyl (C=O) groups excluding carboxylic acids is 1. The second-order valence-electron chi connectivity index (χ2n) is 4.85. The van der Waals surface area contributed by atoms with E-state index >= 15 is 0 Å². The van der Waals surface area contributed by atoms with E-state index in [1.165, 1.54) is 12.1 Å². The fourth-order valence-electron chi connectivity index (χ4n) is 1.94. The number of Topliss-reactive ketones (excluding diaryl/α,β-unsaturated/α-hetero) is 1. The van der Waals surface area contributed by atoms with E-state index in [2.05, 4.69) is 4.99 Å². The van der Waals surface area contributed by atoms with Gasteiger partial charge in [-0.1, -0.05) is 29.8 Å².